The molecule has 0 radical (unpaired) electrons. The first-order valence-electron chi connectivity index (χ1n) is 6.52. The minimum absolute atomic E-state index is 0.654. The summed E-state index contributed by atoms with van der Waals surface area (Å²) in [4.78, 5) is 1.17. The van der Waals surface area contributed by atoms with Crippen molar-refractivity contribution in [2.75, 3.05) is 0 Å². The van der Waals surface area contributed by atoms with Gasteiger partial charge in [-0.3, -0.25) is 0 Å². The molecule has 1 nitrogen and oxygen atoms in total. The Kier molecular flexibility index (Phi) is 5.69. The van der Waals surface area contributed by atoms with Gasteiger partial charge in [0.1, 0.15) is 5.60 Å². The van der Waals surface area contributed by atoms with Crippen LogP contribution in [0.25, 0.3) is 0 Å². The average molecular weight is 396 g/mol. The van der Waals surface area contributed by atoms with Crippen molar-refractivity contribution in [3.63, 3.8) is 0 Å². The van der Waals surface area contributed by atoms with E-state index in [1.165, 1.54) is 4.90 Å². The molecule has 1 N–H and O–H groups in total. The fourth-order valence-corrected chi connectivity index (χ4v) is 3.76. The van der Waals surface area contributed by atoms with Crippen LogP contribution < -0.4 is 0 Å². The van der Waals surface area contributed by atoms with E-state index in [1.54, 1.807) is 11.8 Å². The van der Waals surface area contributed by atoms with Gasteiger partial charge in [-0.15, -0.1) is 0 Å². The second-order valence-electron chi connectivity index (χ2n) is 4.48. The van der Waals surface area contributed by atoms with Crippen molar-refractivity contribution < 1.29 is 5.11 Å². The molecule has 0 bridgehead atoms. The molecule has 0 aliphatic heterocycles. The maximum atomic E-state index is 10.9. The lowest BCUT2D eigenvalue weighted by Crippen LogP contribution is -2.24. The van der Waals surface area contributed by atoms with Gasteiger partial charge < -0.3 is 5.11 Å². The molecule has 0 heterocycles. The van der Waals surface area contributed by atoms with E-state index >= 15 is 0 Å². The minimum Gasteiger partial charge on any atom is -0.380 e. The molecule has 1 atom stereocenters. The van der Waals surface area contributed by atoms with Crippen molar-refractivity contribution in [2.24, 2.45) is 0 Å². The van der Waals surface area contributed by atoms with Crippen molar-refractivity contribution in [1.29, 1.82) is 0 Å². The van der Waals surface area contributed by atoms with E-state index in [4.69, 9.17) is 0 Å². The number of hydrogen-bond donors (Lipinski definition) is 1. The molecule has 3 heteroatoms. The van der Waals surface area contributed by atoms with Crippen molar-refractivity contribution in [1.82, 2.24) is 0 Å². The molecular formula is C17H17IOS. The fraction of sp³-hybridized carbons (Fsp3) is 0.176. The van der Waals surface area contributed by atoms with Crippen LogP contribution >= 0.6 is 34.4 Å². The third kappa shape index (κ3) is 3.65. The summed E-state index contributed by atoms with van der Waals surface area (Å²) >= 11 is 3.88. The average Bonchev–Trinajstić information content (AvgIpc) is 2.53. The van der Waals surface area contributed by atoms with Gasteiger partial charge >= 0.3 is 0 Å². The van der Waals surface area contributed by atoms with Gasteiger partial charge in [0.15, 0.2) is 0 Å². The zero-order valence-electron chi connectivity index (χ0n) is 11.3. The summed E-state index contributed by atoms with van der Waals surface area (Å²) in [6.07, 6.45) is 0.654. The summed E-state index contributed by atoms with van der Waals surface area (Å²) in [5.74, 6) is 0. The maximum Gasteiger partial charge on any atom is 0.120 e. The molecule has 0 saturated heterocycles. The third-order valence-corrected chi connectivity index (χ3v) is 5.72. The van der Waals surface area contributed by atoms with Crippen LogP contribution in [0.3, 0.4) is 0 Å². The Hall–Kier alpha value is -0.780. The molecule has 2 aromatic rings. The van der Waals surface area contributed by atoms with Crippen LogP contribution in [-0.2, 0) is 5.60 Å². The highest BCUT2D eigenvalue weighted by atomic mass is 127. The topological polar surface area (TPSA) is 20.2 Å². The number of benzene rings is 2. The highest BCUT2D eigenvalue weighted by molar-refractivity contribution is 14.1. The van der Waals surface area contributed by atoms with Gasteiger partial charge in [0.05, 0.1) is 0 Å². The van der Waals surface area contributed by atoms with Crippen LogP contribution in [0.15, 0.2) is 74.5 Å². The molecule has 0 amide bonds. The van der Waals surface area contributed by atoms with E-state index in [0.29, 0.717) is 6.42 Å². The standard InChI is InChI=1S/C17H17IOS/c1-2-17(19,14-9-5-3-6-10-14)16(18)13-20-15-11-7-4-8-12-15/h3-13,19H,2H2,1H3/b16-13+. The van der Waals surface area contributed by atoms with E-state index < -0.39 is 5.60 Å². The fourth-order valence-electron chi connectivity index (χ4n) is 1.94. The minimum atomic E-state index is -0.899. The van der Waals surface area contributed by atoms with Crippen LogP contribution in [0.4, 0.5) is 0 Å². The molecule has 0 spiro atoms. The van der Waals surface area contributed by atoms with E-state index in [0.717, 1.165) is 9.14 Å². The second-order valence-corrected chi connectivity index (χ2v) is 6.58. The summed E-state index contributed by atoms with van der Waals surface area (Å²) in [6, 6.07) is 20.0. The summed E-state index contributed by atoms with van der Waals surface area (Å²) in [7, 11) is 0. The third-order valence-electron chi connectivity index (χ3n) is 3.20. The van der Waals surface area contributed by atoms with E-state index in [2.05, 4.69) is 34.7 Å². The molecule has 0 aliphatic carbocycles. The SMILES string of the molecule is CCC(O)(/C(I)=C\Sc1ccccc1)c1ccccc1. The monoisotopic (exact) mass is 396 g/mol. The first-order valence-corrected chi connectivity index (χ1v) is 8.48. The van der Waals surface area contributed by atoms with Crippen LogP contribution in [0.2, 0.25) is 0 Å². The lowest BCUT2D eigenvalue weighted by atomic mass is 9.91. The molecule has 104 valence electrons. The van der Waals surface area contributed by atoms with Gasteiger partial charge in [-0.2, -0.15) is 0 Å². The smallest absolute Gasteiger partial charge is 0.120 e. The number of hydrogen-bond acceptors (Lipinski definition) is 2. The molecule has 20 heavy (non-hydrogen) atoms. The first kappa shape index (κ1) is 15.6. The van der Waals surface area contributed by atoms with Gasteiger partial charge in [-0.05, 0) is 52.1 Å². The van der Waals surface area contributed by atoms with Crippen molar-refractivity contribution >= 4 is 34.4 Å². The van der Waals surface area contributed by atoms with E-state index in [-0.39, 0.29) is 0 Å². The second kappa shape index (κ2) is 7.29. The predicted octanol–water partition coefficient (Wildman–Crippen LogP) is 5.35. The molecule has 2 rings (SSSR count). The lowest BCUT2D eigenvalue weighted by molar-refractivity contribution is 0.0834. The van der Waals surface area contributed by atoms with Crippen LogP contribution in [0.5, 0.6) is 0 Å². The van der Waals surface area contributed by atoms with Crippen molar-refractivity contribution in [3.8, 4) is 0 Å². The van der Waals surface area contributed by atoms with Crippen LogP contribution in [0, 0.1) is 0 Å². The van der Waals surface area contributed by atoms with Gasteiger partial charge in [0.25, 0.3) is 0 Å². The molecular weight excluding hydrogens is 379 g/mol. The molecule has 0 aromatic heterocycles. The van der Waals surface area contributed by atoms with Gasteiger partial charge in [0.2, 0.25) is 0 Å². The lowest BCUT2D eigenvalue weighted by Gasteiger charge is -2.27. The largest absolute Gasteiger partial charge is 0.380 e. The first-order chi connectivity index (χ1) is 9.66. The highest BCUT2D eigenvalue weighted by Crippen LogP contribution is 2.38. The van der Waals surface area contributed by atoms with E-state index in [9.17, 15) is 5.11 Å². The zero-order chi connectivity index (χ0) is 14.4. The van der Waals surface area contributed by atoms with E-state index in [1.807, 2.05) is 60.9 Å². The van der Waals surface area contributed by atoms with Crippen LogP contribution in [0.1, 0.15) is 18.9 Å². The van der Waals surface area contributed by atoms with Gasteiger partial charge in [-0.25, -0.2) is 0 Å². The Morgan fingerprint density at radius 3 is 2.20 bits per heavy atom. The number of thioether (sulfide) groups is 1. The summed E-state index contributed by atoms with van der Waals surface area (Å²) in [5.41, 5.74) is 0.0423. The normalized spacial score (nSPS) is 14.8. The van der Waals surface area contributed by atoms with Gasteiger partial charge in [-0.1, -0.05) is 67.2 Å². The molecule has 0 fully saturated rings. The number of aliphatic hydroxyl groups is 1. The predicted molar refractivity (Wildman–Crippen MR) is 95.0 cm³/mol. The Balaban J connectivity index is 2.23. The molecule has 0 saturated carbocycles. The van der Waals surface area contributed by atoms with Crippen molar-refractivity contribution in [2.45, 2.75) is 23.8 Å². The molecule has 0 aliphatic rings. The molecule has 2 aromatic carbocycles. The number of rotatable bonds is 5. The Morgan fingerprint density at radius 2 is 1.65 bits per heavy atom. The van der Waals surface area contributed by atoms with Crippen LogP contribution in [-0.4, -0.2) is 5.11 Å². The Morgan fingerprint density at radius 1 is 1.10 bits per heavy atom. The van der Waals surface area contributed by atoms with Crippen molar-refractivity contribution in [3.05, 3.63) is 75.2 Å². The zero-order valence-corrected chi connectivity index (χ0v) is 14.3. The quantitative estimate of drug-likeness (QED) is 0.543. The Bertz CT molecular complexity index is 568. The summed E-state index contributed by atoms with van der Waals surface area (Å²) < 4.78 is 0.942. The highest BCUT2D eigenvalue weighted by Gasteiger charge is 2.30. The molecule has 1 unspecified atom stereocenters. The number of halogens is 1. The maximum absolute atomic E-state index is 10.9. The summed E-state index contributed by atoms with van der Waals surface area (Å²) in [6.45, 7) is 2.01. The summed E-state index contributed by atoms with van der Waals surface area (Å²) in [5, 5.41) is 13.0. The Labute approximate surface area is 138 Å². The van der Waals surface area contributed by atoms with Gasteiger partial charge in [0, 0.05) is 8.48 Å².